The van der Waals surface area contributed by atoms with Crippen LogP contribution in [0.25, 0.3) is 33.3 Å². The molecule has 15 heteroatoms. The number of amides is 3. The number of carbonyl (C=O) groups is 4. The van der Waals surface area contributed by atoms with Crippen molar-refractivity contribution in [2.24, 2.45) is 16.7 Å². The summed E-state index contributed by atoms with van der Waals surface area (Å²) in [6.45, 7) is 14.8. The second kappa shape index (κ2) is 19.7. The molecular formula is C52H68N6O9. The molecule has 8 rings (SSSR count). The molecule has 2 aromatic carbocycles. The molecule has 0 radical (unpaired) electrons. The van der Waals surface area contributed by atoms with Gasteiger partial charge in [-0.1, -0.05) is 39.8 Å². The number of fused-ring (bicyclic) bond motifs is 6. The summed E-state index contributed by atoms with van der Waals surface area (Å²) < 4.78 is 25.9. The highest BCUT2D eigenvalue weighted by molar-refractivity contribution is 5.96. The molecule has 3 fully saturated rings. The molecule has 4 aromatic rings. The van der Waals surface area contributed by atoms with E-state index in [0.717, 1.165) is 57.4 Å². The van der Waals surface area contributed by atoms with Crippen molar-refractivity contribution < 1.29 is 43.2 Å². The van der Waals surface area contributed by atoms with E-state index >= 15 is 0 Å². The quantitative estimate of drug-likeness (QED) is 0.156. The van der Waals surface area contributed by atoms with E-state index in [1.165, 1.54) is 9.91 Å². The lowest BCUT2D eigenvalue weighted by Gasteiger charge is -2.37. The maximum absolute atomic E-state index is 14.8. The number of likely N-dealkylation sites (N-methyl/N-ethyl adjacent to an activating group) is 1. The Morgan fingerprint density at radius 3 is 2.57 bits per heavy atom. The number of rotatable bonds is 9. The molecule has 0 saturated carbocycles. The van der Waals surface area contributed by atoms with Crippen molar-refractivity contribution in [3.05, 3.63) is 71.5 Å². The van der Waals surface area contributed by atoms with E-state index in [2.05, 4.69) is 54.3 Å². The van der Waals surface area contributed by atoms with Gasteiger partial charge in [0, 0.05) is 80.4 Å². The number of aromatic nitrogens is 2. The zero-order valence-corrected chi connectivity index (χ0v) is 40.4. The summed E-state index contributed by atoms with van der Waals surface area (Å²) in [4.78, 5) is 63.7. The van der Waals surface area contributed by atoms with Crippen LogP contribution in [0.15, 0.2) is 54.7 Å². The Bertz CT molecular complexity index is 2490. The van der Waals surface area contributed by atoms with Crippen molar-refractivity contribution >= 4 is 34.6 Å². The van der Waals surface area contributed by atoms with Gasteiger partial charge in [-0.3, -0.25) is 29.2 Å². The number of benzene rings is 2. The fraction of sp³-hybridized carbons (Fsp3) is 0.558. The maximum atomic E-state index is 14.8. The maximum Gasteiger partial charge on any atom is 0.324 e. The monoisotopic (exact) mass is 921 g/mol. The highest BCUT2D eigenvalue weighted by Gasteiger charge is 2.46. The summed E-state index contributed by atoms with van der Waals surface area (Å²) in [6, 6.07) is 12.7. The molecule has 3 N–H and O–H groups in total. The number of cyclic esters (lactones) is 1. The smallest absolute Gasteiger partial charge is 0.324 e. The van der Waals surface area contributed by atoms with Crippen molar-refractivity contribution in [1.82, 2.24) is 30.2 Å². The van der Waals surface area contributed by atoms with E-state index in [4.69, 9.17) is 23.9 Å². The Balaban J connectivity index is 1.18. The van der Waals surface area contributed by atoms with Crippen LogP contribution in [0, 0.1) is 16.7 Å². The van der Waals surface area contributed by atoms with Crippen molar-refractivity contribution in [2.75, 3.05) is 47.1 Å². The Labute approximate surface area is 393 Å². The van der Waals surface area contributed by atoms with Gasteiger partial charge in [-0.15, -0.1) is 0 Å². The highest BCUT2D eigenvalue weighted by Crippen LogP contribution is 2.44. The van der Waals surface area contributed by atoms with E-state index in [1.54, 1.807) is 32.5 Å². The van der Waals surface area contributed by atoms with Gasteiger partial charge in [-0.2, -0.15) is 0 Å². The number of phenolic OH excluding ortho intramolecular Hbond substituents is 1. The molecule has 67 heavy (non-hydrogen) atoms. The highest BCUT2D eigenvalue weighted by atomic mass is 16.5. The molecule has 15 nitrogen and oxygen atoms in total. The molecule has 2 unspecified atom stereocenters. The summed E-state index contributed by atoms with van der Waals surface area (Å²) in [6.07, 6.45) is 4.56. The first kappa shape index (κ1) is 48.1. The number of nitrogens with one attached hydrogen (secondary N) is 2. The second-order valence-electron chi connectivity index (χ2n) is 20.3. The Morgan fingerprint density at radius 2 is 1.84 bits per heavy atom. The molecule has 3 saturated heterocycles. The molecule has 4 aliphatic heterocycles. The van der Waals surface area contributed by atoms with Gasteiger partial charge in [0.05, 0.1) is 30.7 Å². The molecule has 6 bridgehead atoms. The van der Waals surface area contributed by atoms with E-state index < -0.39 is 47.4 Å². The molecule has 3 amide bonds. The fourth-order valence-electron chi connectivity index (χ4n) is 10.7. The molecule has 0 aliphatic carbocycles. The van der Waals surface area contributed by atoms with Crippen LogP contribution in [0.2, 0.25) is 0 Å². The third-order valence-electron chi connectivity index (χ3n) is 14.4. The van der Waals surface area contributed by atoms with Gasteiger partial charge >= 0.3 is 5.97 Å². The number of phenols is 1. The molecule has 5 atom stereocenters. The topological polar surface area (TPSA) is 174 Å². The van der Waals surface area contributed by atoms with Gasteiger partial charge in [0.2, 0.25) is 5.91 Å². The van der Waals surface area contributed by atoms with Crippen LogP contribution < -0.4 is 10.7 Å². The number of aromatic hydroxyl groups is 1. The van der Waals surface area contributed by atoms with Gasteiger partial charge in [-0.05, 0) is 117 Å². The second-order valence-corrected chi connectivity index (χ2v) is 20.3. The van der Waals surface area contributed by atoms with E-state index in [-0.39, 0.29) is 42.1 Å². The first-order valence-corrected chi connectivity index (χ1v) is 24.0. The minimum atomic E-state index is -1.14. The number of pyridine rings is 1. The first-order valence-electron chi connectivity index (χ1n) is 24.0. The number of hydrazine groups is 1. The number of carbonyl (C=O) groups excluding carboxylic acids is 4. The third kappa shape index (κ3) is 9.97. The zero-order chi connectivity index (χ0) is 47.8. The largest absolute Gasteiger partial charge is 0.508 e. The van der Waals surface area contributed by atoms with Crippen molar-refractivity contribution in [3.63, 3.8) is 0 Å². The van der Waals surface area contributed by atoms with Crippen LogP contribution in [-0.2, 0) is 57.5 Å². The van der Waals surface area contributed by atoms with Crippen LogP contribution in [0.3, 0.4) is 0 Å². The molecule has 6 heterocycles. The molecule has 360 valence electrons. The third-order valence-corrected chi connectivity index (χ3v) is 14.4. The minimum absolute atomic E-state index is 0.00409. The predicted molar refractivity (Wildman–Crippen MR) is 254 cm³/mol. The predicted octanol–water partition coefficient (Wildman–Crippen LogP) is 6.52. The Morgan fingerprint density at radius 1 is 1.06 bits per heavy atom. The average molecular weight is 921 g/mol. The number of hydrogen-bond acceptors (Lipinski definition) is 11. The van der Waals surface area contributed by atoms with Crippen LogP contribution >= 0.6 is 0 Å². The normalized spacial score (nSPS) is 22.9. The number of ether oxygens (including phenoxy) is 4. The number of esters is 1. The van der Waals surface area contributed by atoms with Gasteiger partial charge in [0.15, 0.2) is 0 Å². The first-order chi connectivity index (χ1) is 32.0. The number of nitrogens with zero attached hydrogens (tertiary/aromatic N) is 4. The van der Waals surface area contributed by atoms with Crippen molar-refractivity contribution in [2.45, 2.75) is 123 Å². The van der Waals surface area contributed by atoms with Crippen LogP contribution in [-0.4, -0.2) is 120 Å². The number of hydrogen-bond donors (Lipinski definition) is 3. The van der Waals surface area contributed by atoms with Gasteiger partial charge in [0.1, 0.15) is 30.0 Å². The molecule has 4 aliphatic rings. The van der Waals surface area contributed by atoms with Crippen molar-refractivity contribution in [1.29, 1.82) is 0 Å². The summed E-state index contributed by atoms with van der Waals surface area (Å²) in [7, 11) is 3.30. The Hall–Kier alpha value is -5.35. The molecule has 1 spiro atoms. The lowest BCUT2D eigenvalue weighted by molar-refractivity contribution is -0.155. The summed E-state index contributed by atoms with van der Waals surface area (Å²) in [5.41, 5.74) is 9.55. The SMILES string of the molecule is CCn1c(-c2cccnc2[C@H](C)OC)c2c3cc(ccc31)-c1cc(O)cc(c1)C[C@H](NC(=O)C(C(C)C)N(C)C(=O)C1CC3(CCOCC3)CO1)C(=O)N1CCC[C@H](N1)C(=O)OCC(C)(C)C2. The number of methoxy groups -OCH3 is 1. The van der Waals surface area contributed by atoms with Crippen LogP contribution in [0.4, 0.5) is 0 Å². The van der Waals surface area contributed by atoms with Crippen LogP contribution in [0.1, 0.15) is 96.6 Å². The summed E-state index contributed by atoms with van der Waals surface area (Å²) >= 11 is 0. The summed E-state index contributed by atoms with van der Waals surface area (Å²) in [5, 5.41) is 16.8. The fourth-order valence-corrected chi connectivity index (χ4v) is 10.7. The summed E-state index contributed by atoms with van der Waals surface area (Å²) in [5.74, 6) is -2.01. The standard InChI is InChI=1S/C52H68N6O9/c1-9-57-42-15-14-34-26-38(42)39(46(57)37-12-10-18-53-44(37)32(4)64-8)27-51(5,6)29-67-50(63)40-13-11-19-58(55-40)48(61)41(24-33-22-35(34)25-36(59)23-33)54-47(60)45(31(2)3)56(7)49(62)43-28-52(30-66-43)16-20-65-21-17-52/h10,12,14-15,18,22-23,25-26,31-32,40-41,43,45,55,59H,9,11,13,16-17,19-21,24,27-30H2,1-8H3,(H,54,60)/t32-,40-,41-,43?,45?/m0/s1. The number of aryl methyl sites for hydroxylation is 1. The minimum Gasteiger partial charge on any atom is -0.508 e. The van der Waals surface area contributed by atoms with Gasteiger partial charge in [0.25, 0.3) is 11.8 Å². The van der Waals surface area contributed by atoms with E-state index in [1.807, 2.05) is 39.0 Å². The van der Waals surface area contributed by atoms with Gasteiger partial charge in [-0.25, -0.2) is 5.43 Å². The van der Waals surface area contributed by atoms with Gasteiger partial charge < -0.3 is 38.8 Å². The Kier molecular flexibility index (Phi) is 14.2. The lowest BCUT2D eigenvalue weighted by Crippen LogP contribution is -2.62. The van der Waals surface area contributed by atoms with E-state index in [0.29, 0.717) is 64.2 Å². The van der Waals surface area contributed by atoms with Crippen molar-refractivity contribution in [3.8, 4) is 28.1 Å². The zero-order valence-electron chi connectivity index (χ0n) is 40.4. The average Bonchev–Trinajstić information content (AvgIpc) is 3.86. The van der Waals surface area contributed by atoms with E-state index in [9.17, 15) is 24.3 Å². The molecular weight excluding hydrogens is 853 g/mol. The molecule has 2 aromatic heterocycles. The lowest BCUT2D eigenvalue weighted by atomic mass is 9.78. The van der Waals surface area contributed by atoms with Crippen LogP contribution in [0.5, 0.6) is 5.75 Å².